The van der Waals surface area contributed by atoms with Crippen LogP contribution in [0.1, 0.15) is 37.9 Å². The lowest BCUT2D eigenvalue weighted by molar-refractivity contribution is 0.601. The van der Waals surface area contributed by atoms with Crippen LogP contribution in [0.4, 0.5) is 0 Å². The molecule has 1 nitrogen and oxygen atoms in total. The Morgan fingerprint density at radius 1 is 1.19 bits per heavy atom. The van der Waals surface area contributed by atoms with Crippen molar-refractivity contribution in [1.82, 2.24) is 5.32 Å². The van der Waals surface area contributed by atoms with Gasteiger partial charge < -0.3 is 5.32 Å². The van der Waals surface area contributed by atoms with Gasteiger partial charge in [-0.2, -0.15) is 11.8 Å². The van der Waals surface area contributed by atoms with Gasteiger partial charge in [0.1, 0.15) is 0 Å². The van der Waals surface area contributed by atoms with Gasteiger partial charge in [-0.1, -0.05) is 38.1 Å². The molecule has 0 heterocycles. The topological polar surface area (TPSA) is 12.0 Å². The lowest BCUT2D eigenvalue weighted by Gasteiger charge is -2.14. The summed E-state index contributed by atoms with van der Waals surface area (Å²) in [6, 6.07) is 9.40. The van der Waals surface area contributed by atoms with Crippen molar-refractivity contribution in [3.8, 4) is 0 Å². The molecule has 0 aliphatic rings. The second-order valence-corrected chi connectivity index (χ2v) is 5.36. The summed E-state index contributed by atoms with van der Waals surface area (Å²) in [6.45, 7) is 7.73. The van der Waals surface area contributed by atoms with Crippen molar-refractivity contribution in [2.45, 2.75) is 33.2 Å². The van der Waals surface area contributed by atoms with E-state index in [1.165, 1.54) is 22.6 Å². The first kappa shape index (κ1) is 13.6. The fourth-order valence-electron chi connectivity index (χ4n) is 1.65. The highest BCUT2D eigenvalue weighted by Gasteiger charge is 2.03. The molecule has 1 N–H and O–H groups in total. The standard InChI is InChI=1S/C14H23NS/c1-4-13-6-8-14(9-7-13)12(3)15-10-11-16-5-2/h6-9,12,15H,4-5,10-11H2,1-3H3. The van der Waals surface area contributed by atoms with Gasteiger partial charge in [0.25, 0.3) is 0 Å². The monoisotopic (exact) mass is 237 g/mol. The van der Waals surface area contributed by atoms with Crippen molar-refractivity contribution < 1.29 is 0 Å². The van der Waals surface area contributed by atoms with E-state index in [2.05, 4.69) is 50.4 Å². The Hall–Kier alpha value is -0.470. The molecule has 0 fully saturated rings. The van der Waals surface area contributed by atoms with Crippen LogP contribution in [0.2, 0.25) is 0 Å². The summed E-state index contributed by atoms with van der Waals surface area (Å²) in [5, 5.41) is 3.55. The van der Waals surface area contributed by atoms with Crippen LogP contribution < -0.4 is 5.32 Å². The molecule has 0 saturated carbocycles. The molecule has 2 heteroatoms. The summed E-state index contributed by atoms with van der Waals surface area (Å²) in [5.74, 6) is 2.41. The lowest BCUT2D eigenvalue weighted by atomic mass is 10.1. The average molecular weight is 237 g/mol. The summed E-state index contributed by atoms with van der Waals surface area (Å²) >= 11 is 1.99. The molecule has 1 aromatic carbocycles. The number of hydrogen-bond acceptors (Lipinski definition) is 2. The molecular formula is C14H23NS. The summed E-state index contributed by atoms with van der Waals surface area (Å²) in [7, 11) is 0. The van der Waals surface area contributed by atoms with Gasteiger partial charge in [-0.05, 0) is 30.2 Å². The molecular weight excluding hydrogens is 214 g/mol. The Kier molecular flexibility index (Phi) is 6.58. The second kappa shape index (κ2) is 7.75. The fourth-order valence-corrected chi connectivity index (χ4v) is 2.20. The van der Waals surface area contributed by atoms with Crippen LogP contribution in [-0.4, -0.2) is 18.1 Å². The van der Waals surface area contributed by atoms with Crippen LogP contribution >= 0.6 is 11.8 Å². The quantitative estimate of drug-likeness (QED) is 0.726. The molecule has 1 unspecified atom stereocenters. The lowest BCUT2D eigenvalue weighted by Crippen LogP contribution is -2.21. The number of thioether (sulfide) groups is 1. The zero-order valence-electron chi connectivity index (χ0n) is 10.6. The first-order valence-corrected chi connectivity index (χ1v) is 7.33. The third kappa shape index (κ3) is 4.58. The average Bonchev–Trinajstić information content (AvgIpc) is 2.34. The SMILES string of the molecule is CCSCCNC(C)c1ccc(CC)cc1. The molecule has 0 spiro atoms. The zero-order chi connectivity index (χ0) is 11.8. The summed E-state index contributed by atoms with van der Waals surface area (Å²) < 4.78 is 0. The first-order valence-electron chi connectivity index (χ1n) is 6.17. The minimum Gasteiger partial charge on any atom is -0.309 e. The number of rotatable bonds is 7. The zero-order valence-corrected chi connectivity index (χ0v) is 11.4. The number of aryl methyl sites for hydroxylation is 1. The Balaban J connectivity index is 2.37. The van der Waals surface area contributed by atoms with Gasteiger partial charge in [0.2, 0.25) is 0 Å². The van der Waals surface area contributed by atoms with Crippen molar-refractivity contribution in [2.24, 2.45) is 0 Å². The first-order chi connectivity index (χ1) is 7.77. The van der Waals surface area contributed by atoms with Gasteiger partial charge in [-0.25, -0.2) is 0 Å². The predicted octanol–water partition coefficient (Wildman–Crippen LogP) is 3.65. The van der Waals surface area contributed by atoms with E-state index in [-0.39, 0.29) is 0 Å². The van der Waals surface area contributed by atoms with Crippen molar-refractivity contribution in [3.63, 3.8) is 0 Å². The maximum Gasteiger partial charge on any atom is 0.0292 e. The Labute approximate surface area is 104 Å². The van der Waals surface area contributed by atoms with E-state index >= 15 is 0 Å². The highest BCUT2D eigenvalue weighted by Crippen LogP contribution is 2.13. The molecule has 1 rings (SSSR count). The molecule has 0 amide bonds. The third-order valence-electron chi connectivity index (χ3n) is 2.79. The van der Waals surface area contributed by atoms with E-state index in [0.717, 1.165) is 13.0 Å². The van der Waals surface area contributed by atoms with E-state index < -0.39 is 0 Å². The number of benzene rings is 1. The van der Waals surface area contributed by atoms with E-state index in [9.17, 15) is 0 Å². The maximum atomic E-state index is 3.55. The van der Waals surface area contributed by atoms with Crippen LogP contribution in [-0.2, 0) is 6.42 Å². The largest absolute Gasteiger partial charge is 0.309 e. The summed E-state index contributed by atoms with van der Waals surface area (Å²) in [4.78, 5) is 0. The molecule has 1 atom stereocenters. The highest BCUT2D eigenvalue weighted by molar-refractivity contribution is 7.99. The van der Waals surface area contributed by atoms with E-state index in [1.54, 1.807) is 0 Å². The molecule has 0 saturated heterocycles. The molecule has 1 aromatic rings. The van der Waals surface area contributed by atoms with Gasteiger partial charge in [0, 0.05) is 18.3 Å². The van der Waals surface area contributed by atoms with Gasteiger partial charge in [0.15, 0.2) is 0 Å². The van der Waals surface area contributed by atoms with Crippen molar-refractivity contribution in [3.05, 3.63) is 35.4 Å². The summed E-state index contributed by atoms with van der Waals surface area (Å²) in [5.41, 5.74) is 2.80. The maximum absolute atomic E-state index is 3.55. The van der Waals surface area contributed by atoms with E-state index in [0.29, 0.717) is 6.04 Å². The number of nitrogens with one attached hydrogen (secondary N) is 1. The second-order valence-electron chi connectivity index (χ2n) is 3.97. The van der Waals surface area contributed by atoms with Gasteiger partial charge in [0.05, 0.1) is 0 Å². The van der Waals surface area contributed by atoms with Gasteiger partial charge in [-0.15, -0.1) is 0 Å². The van der Waals surface area contributed by atoms with Crippen LogP contribution in [0.25, 0.3) is 0 Å². The molecule has 90 valence electrons. The normalized spacial score (nSPS) is 12.7. The molecule has 0 aromatic heterocycles. The minimum atomic E-state index is 0.461. The van der Waals surface area contributed by atoms with E-state index in [1.807, 2.05) is 11.8 Å². The molecule has 0 aliphatic heterocycles. The van der Waals surface area contributed by atoms with Crippen LogP contribution in [0.3, 0.4) is 0 Å². The molecule has 0 radical (unpaired) electrons. The fraction of sp³-hybridized carbons (Fsp3) is 0.571. The smallest absolute Gasteiger partial charge is 0.0292 e. The van der Waals surface area contributed by atoms with Crippen LogP contribution in [0, 0.1) is 0 Å². The van der Waals surface area contributed by atoms with E-state index in [4.69, 9.17) is 0 Å². The van der Waals surface area contributed by atoms with Gasteiger partial charge >= 0.3 is 0 Å². The van der Waals surface area contributed by atoms with Crippen molar-refractivity contribution in [2.75, 3.05) is 18.1 Å². The van der Waals surface area contributed by atoms with Gasteiger partial charge in [-0.3, -0.25) is 0 Å². The number of hydrogen-bond donors (Lipinski definition) is 1. The predicted molar refractivity (Wildman–Crippen MR) is 75.2 cm³/mol. The minimum absolute atomic E-state index is 0.461. The molecule has 16 heavy (non-hydrogen) atoms. The third-order valence-corrected chi connectivity index (χ3v) is 3.69. The van der Waals surface area contributed by atoms with Crippen molar-refractivity contribution in [1.29, 1.82) is 0 Å². The molecule has 0 aliphatic carbocycles. The highest BCUT2D eigenvalue weighted by atomic mass is 32.2. The Morgan fingerprint density at radius 3 is 2.44 bits per heavy atom. The Morgan fingerprint density at radius 2 is 1.88 bits per heavy atom. The molecule has 0 bridgehead atoms. The van der Waals surface area contributed by atoms with Crippen LogP contribution in [0.5, 0.6) is 0 Å². The van der Waals surface area contributed by atoms with Crippen molar-refractivity contribution >= 4 is 11.8 Å². The summed E-state index contributed by atoms with van der Waals surface area (Å²) in [6.07, 6.45) is 1.12. The Bertz CT molecular complexity index is 281. The van der Waals surface area contributed by atoms with Crippen LogP contribution in [0.15, 0.2) is 24.3 Å².